The molecule has 2 nitrogen and oxygen atoms in total. The van der Waals surface area contributed by atoms with Crippen molar-refractivity contribution in [3.63, 3.8) is 0 Å². The van der Waals surface area contributed by atoms with Gasteiger partial charge in [-0.2, -0.15) is 0 Å². The molecule has 0 aromatic carbocycles. The Kier molecular flexibility index (Phi) is 3.44. The first-order chi connectivity index (χ1) is 4.22. The molecule has 0 aromatic heterocycles. The quantitative estimate of drug-likeness (QED) is 0.574. The standard InChI is InChI=1S/C7H11NO/c1-4-7(6(3)9)8-5-2/h4-5,8H,2H2,1,3H3/b7-4-. The molecule has 50 valence electrons. The second kappa shape index (κ2) is 3.89. The first-order valence-electron chi connectivity index (χ1n) is 2.77. The number of ketones is 1. The van der Waals surface area contributed by atoms with Gasteiger partial charge in [-0.05, 0) is 13.1 Å². The van der Waals surface area contributed by atoms with E-state index in [0.717, 1.165) is 0 Å². The topological polar surface area (TPSA) is 29.1 Å². The number of Topliss-reactive ketones (excluding diaryl/α,β-unsaturated/α-hetero) is 1. The van der Waals surface area contributed by atoms with Crippen LogP contribution in [-0.2, 0) is 4.79 Å². The number of nitrogens with one attached hydrogen (secondary N) is 1. The van der Waals surface area contributed by atoms with Gasteiger partial charge in [0.25, 0.3) is 0 Å². The van der Waals surface area contributed by atoms with Gasteiger partial charge in [-0.3, -0.25) is 4.79 Å². The van der Waals surface area contributed by atoms with Crippen molar-refractivity contribution in [2.45, 2.75) is 13.8 Å². The zero-order chi connectivity index (χ0) is 7.28. The maximum Gasteiger partial charge on any atom is 0.175 e. The molecule has 1 N–H and O–H groups in total. The fraction of sp³-hybridized carbons (Fsp3) is 0.286. The van der Waals surface area contributed by atoms with Crippen molar-refractivity contribution < 1.29 is 4.79 Å². The van der Waals surface area contributed by atoms with E-state index < -0.39 is 0 Å². The highest BCUT2D eigenvalue weighted by atomic mass is 16.1. The number of carbonyl (C=O) groups excluding carboxylic acids is 1. The maximum atomic E-state index is 10.6. The third-order valence-electron chi connectivity index (χ3n) is 0.926. The summed E-state index contributed by atoms with van der Waals surface area (Å²) >= 11 is 0. The molecule has 0 aliphatic carbocycles. The van der Waals surface area contributed by atoms with E-state index in [4.69, 9.17) is 0 Å². The van der Waals surface area contributed by atoms with E-state index in [9.17, 15) is 4.79 Å². The first-order valence-corrected chi connectivity index (χ1v) is 2.77. The highest BCUT2D eigenvalue weighted by Gasteiger charge is 1.95. The fourth-order valence-corrected chi connectivity index (χ4v) is 0.498. The predicted molar refractivity (Wildman–Crippen MR) is 37.8 cm³/mol. The summed E-state index contributed by atoms with van der Waals surface area (Å²) in [7, 11) is 0. The molecule has 9 heavy (non-hydrogen) atoms. The largest absolute Gasteiger partial charge is 0.360 e. The van der Waals surface area contributed by atoms with Crippen LogP contribution >= 0.6 is 0 Å². The molecule has 0 aliphatic rings. The molecule has 2 heteroatoms. The summed E-state index contributed by atoms with van der Waals surface area (Å²) in [5.74, 6) is 0.0254. The van der Waals surface area contributed by atoms with Crippen LogP contribution in [0.25, 0.3) is 0 Å². The third kappa shape index (κ3) is 2.69. The van der Waals surface area contributed by atoms with Crippen molar-refractivity contribution in [3.05, 3.63) is 24.6 Å². The lowest BCUT2D eigenvalue weighted by Crippen LogP contribution is -2.11. The van der Waals surface area contributed by atoms with E-state index in [0.29, 0.717) is 5.70 Å². The Morgan fingerprint density at radius 2 is 2.22 bits per heavy atom. The molecule has 0 atom stereocenters. The zero-order valence-electron chi connectivity index (χ0n) is 5.77. The van der Waals surface area contributed by atoms with Crippen molar-refractivity contribution in [1.82, 2.24) is 5.32 Å². The lowest BCUT2D eigenvalue weighted by atomic mass is 10.3. The van der Waals surface area contributed by atoms with E-state index in [1.165, 1.54) is 13.1 Å². The van der Waals surface area contributed by atoms with Crippen LogP contribution in [0.2, 0.25) is 0 Å². The van der Waals surface area contributed by atoms with E-state index in [1.54, 1.807) is 13.0 Å². The Morgan fingerprint density at radius 3 is 2.33 bits per heavy atom. The van der Waals surface area contributed by atoms with Gasteiger partial charge in [0.1, 0.15) is 0 Å². The highest BCUT2D eigenvalue weighted by Crippen LogP contribution is 1.88. The molecule has 0 amide bonds. The van der Waals surface area contributed by atoms with Gasteiger partial charge in [-0.25, -0.2) is 0 Å². The summed E-state index contributed by atoms with van der Waals surface area (Å²) in [5, 5.41) is 2.71. The van der Waals surface area contributed by atoms with E-state index in [-0.39, 0.29) is 5.78 Å². The number of hydrogen-bond donors (Lipinski definition) is 1. The summed E-state index contributed by atoms with van der Waals surface area (Å²) in [6, 6.07) is 0. The van der Waals surface area contributed by atoms with Crippen LogP contribution in [-0.4, -0.2) is 5.78 Å². The molecule has 0 fully saturated rings. The molecular weight excluding hydrogens is 114 g/mol. The third-order valence-corrected chi connectivity index (χ3v) is 0.926. The lowest BCUT2D eigenvalue weighted by Gasteiger charge is -1.98. The molecule has 0 radical (unpaired) electrons. The molecule has 0 heterocycles. The molecule has 0 rings (SSSR count). The number of rotatable bonds is 3. The highest BCUT2D eigenvalue weighted by molar-refractivity contribution is 5.92. The minimum absolute atomic E-state index is 0.0254. The number of allylic oxidation sites excluding steroid dienone is 2. The Balaban J connectivity index is 4.00. The fourth-order valence-electron chi connectivity index (χ4n) is 0.498. The summed E-state index contributed by atoms with van der Waals surface area (Å²) in [6.45, 7) is 6.73. The predicted octanol–water partition coefficient (Wildman–Crippen LogP) is 1.21. The van der Waals surface area contributed by atoms with E-state index in [1.807, 2.05) is 0 Å². The monoisotopic (exact) mass is 125 g/mol. The van der Waals surface area contributed by atoms with Crippen molar-refractivity contribution in [2.75, 3.05) is 0 Å². The molecule has 0 spiro atoms. The Hall–Kier alpha value is -1.05. The van der Waals surface area contributed by atoms with Crippen LogP contribution in [0.1, 0.15) is 13.8 Å². The van der Waals surface area contributed by atoms with E-state index >= 15 is 0 Å². The normalized spacial score (nSPS) is 10.7. The average molecular weight is 125 g/mol. The van der Waals surface area contributed by atoms with Gasteiger partial charge in [-0.1, -0.05) is 12.7 Å². The van der Waals surface area contributed by atoms with Crippen molar-refractivity contribution in [3.8, 4) is 0 Å². The van der Waals surface area contributed by atoms with Crippen molar-refractivity contribution in [2.24, 2.45) is 0 Å². The minimum atomic E-state index is 0.0254. The molecule has 0 aliphatic heterocycles. The SMILES string of the molecule is C=CN/C(=C\C)C(C)=O. The molecule has 0 aromatic rings. The van der Waals surface area contributed by atoms with Crippen molar-refractivity contribution >= 4 is 5.78 Å². The Bertz CT molecular complexity index is 147. The van der Waals surface area contributed by atoms with Gasteiger partial charge in [0, 0.05) is 6.92 Å². The Morgan fingerprint density at radius 1 is 1.67 bits per heavy atom. The molecule has 0 saturated heterocycles. The summed E-state index contributed by atoms with van der Waals surface area (Å²) in [4.78, 5) is 10.6. The van der Waals surface area contributed by atoms with Crippen LogP contribution < -0.4 is 5.32 Å². The van der Waals surface area contributed by atoms with Gasteiger partial charge < -0.3 is 5.32 Å². The molecular formula is C7H11NO. The summed E-state index contributed by atoms with van der Waals surface area (Å²) in [6.07, 6.45) is 3.20. The van der Waals surface area contributed by atoms with Gasteiger partial charge in [0.15, 0.2) is 5.78 Å². The average Bonchev–Trinajstić information content (AvgIpc) is 1.82. The van der Waals surface area contributed by atoms with Gasteiger partial charge in [-0.15, -0.1) is 0 Å². The number of carbonyl (C=O) groups is 1. The van der Waals surface area contributed by atoms with Crippen LogP contribution in [0.4, 0.5) is 0 Å². The maximum absolute atomic E-state index is 10.6. The summed E-state index contributed by atoms with van der Waals surface area (Å²) in [5.41, 5.74) is 0.588. The van der Waals surface area contributed by atoms with Gasteiger partial charge >= 0.3 is 0 Å². The second-order valence-electron chi connectivity index (χ2n) is 1.61. The minimum Gasteiger partial charge on any atom is -0.360 e. The number of hydrogen-bond acceptors (Lipinski definition) is 2. The van der Waals surface area contributed by atoms with Crippen LogP contribution in [0.15, 0.2) is 24.6 Å². The zero-order valence-corrected chi connectivity index (χ0v) is 5.77. The van der Waals surface area contributed by atoms with Crippen LogP contribution in [0.3, 0.4) is 0 Å². The van der Waals surface area contributed by atoms with E-state index in [2.05, 4.69) is 11.9 Å². The summed E-state index contributed by atoms with van der Waals surface area (Å²) < 4.78 is 0. The second-order valence-corrected chi connectivity index (χ2v) is 1.61. The smallest absolute Gasteiger partial charge is 0.175 e. The van der Waals surface area contributed by atoms with Crippen LogP contribution in [0, 0.1) is 0 Å². The van der Waals surface area contributed by atoms with Crippen LogP contribution in [0.5, 0.6) is 0 Å². The molecule has 0 bridgehead atoms. The Labute approximate surface area is 55.3 Å². The van der Waals surface area contributed by atoms with Gasteiger partial charge in [0.2, 0.25) is 0 Å². The van der Waals surface area contributed by atoms with Crippen molar-refractivity contribution in [1.29, 1.82) is 0 Å². The van der Waals surface area contributed by atoms with Gasteiger partial charge in [0.05, 0.1) is 5.70 Å². The first kappa shape index (κ1) is 7.95. The lowest BCUT2D eigenvalue weighted by molar-refractivity contribution is -0.113. The molecule has 0 unspecified atom stereocenters. The molecule has 0 saturated carbocycles.